The van der Waals surface area contributed by atoms with Gasteiger partial charge in [-0.05, 0) is 42.9 Å². The molecule has 1 atom stereocenters. The fraction of sp³-hybridized carbons (Fsp3) is 0.444. The van der Waals surface area contributed by atoms with E-state index in [1.165, 1.54) is 83.8 Å². The van der Waals surface area contributed by atoms with Gasteiger partial charge in [-0.25, -0.2) is 19.6 Å². The molecule has 2 amide bonds. The van der Waals surface area contributed by atoms with Crippen molar-refractivity contribution >= 4 is 78.3 Å². The minimum absolute atomic E-state index is 0.0296. The molecule has 14 nitrogen and oxygen atoms in total. The third-order valence-electron chi connectivity index (χ3n) is 10.1. The van der Waals surface area contributed by atoms with Crippen molar-refractivity contribution in [2.75, 3.05) is 21.8 Å². The summed E-state index contributed by atoms with van der Waals surface area (Å²) in [6.07, 6.45) is 22.8. The van der Waals surface area contributed by atoms with Crippen LogP contribution in [-0.4, -0.2) is 51.4 Å². The Kier molecular flexibility index (Phi) is 11.3. The van der Waals surface area contributed by atoms with Gasteiger partial charge in [-0.1, -0.05) is 64.2 Å². The van der Waals surface area contributed by atoms with Crippen molar-refractivity contribution in [2.24, 2.45) is 11.8 Å². The normalized spacial score (nSPS) is 16.0. The Morgan fingerprint density at radius 2 is 1.60 bits per heavy atom. The van der Waals surface area contributed by atoms with Gasteiger partial charge in [0.15, 0.2) is 16.6 Å². The minimum Gasteiger partial charge on any atom is -0.383 e. The Bertz CT molecular complexity index is 2060. The Hall–Kier alpha value is -4.96. The maximum atomic E-state index is 13.1. The number of nitrogens with two attached hydrogens (primary N) is 2. The highest BCUT2D eigenvalue weighted by molar-refractivity contribution is 7.14. The predicted octanol–water partition coefficient (Wildman–Crippen LogP) is 7.25. The zero-order chi connectivity index (χ0) is 35.9. The molecule has 2 aliphatic rings. The van der Waals surface area contributed by atoms with Gasteiger partial charge < -0.3 is 16.8 Å². The smallest absolute Gasteiger partial charge is 0.251 e. The van der Waals surface area contributed by atoms with Gasteiger partial charge in [0.05, 0.1) is 11.6 Å². The lowest BCUT2D eigenvalue weighted by molar-refractivity contribution is -0.120. The molecule has 1 unspecified atom stereocenters. The van der Waals surface area contributed by atoms with E-state index < -0.39 is 6.04 Å². The van der Waals surface area contributed by atoms with Crippen LogP contribution in [0.1, 0.15) is 89.5 Å². The molecule has 52 heavy (non-hydrogen) atoms. The Morgan fingerprint density at radius 3 is 2.29 bits per heavy atom. The number of nitrogen functional groups attached to an aromatic ring is 2. The van der Waals surface area contributed by atoms with Crippen molar-refractivity contribution in [3.63, 3.8) is 0 Å². The number of carbonyl (C=O) groups excluding carboxylic acids is 2. The van der Waals surface area contributed by atoms with Crippen LogP contribution in [0.25, 0.3) is 21.9 Å². The summed E-state index contributed by atoms with van der Waals surface area (Å²) in [4.78, 5) is 44.4. The minimum atomic E-state index is -0.462. The van der Waals surface area contributed by atoms with Crippen molar-refractivity contribution in [1.82, 2.24) is 39.6 Å². The second-order valence-electron chi connectivity index (χ2n) is 13.5. The first kappa shape index (κ1) is 35.4. The third kappa shape index (κ3) is 8.07. The van der Waals surface area contributed by atoms with Gasteiger partial charge in [-0.3, -0.25) is 14.6 Å². The number of hydrogen-bond acceptors (Lipinski definition) is 12. The van der Waals surface area contributed by atoms with Gasteiger partial charge in [0.1, 0.15) is 17.4 Å². The number of nitrogens with zero attached hydrogens (tertiary/aromatic N) is 9. The van der Waals surface area contributed by atoms with Gasteiger partial charge in [-0.15, -0.1) is 37.7 Å². The number of nitrogens with one attached hydrogen (secondary N) is 1. The molecule has 2 saturated carbocycles. The van der Waals surface area contributed by atoms with E-state index >= 15 is 0 Å². The van der Waals surface area contributed by atoms with Gasteiger partial charge in [0.2, 0.25) is 11.0 Å². The zero-order valence-electron chi connectivity index (χ0n) is 29.0. The number of carbonyl (C=O) groups is 2. The highest BCUT2D eigenvalue weighted by atomic mass is 32.1. The fourth-order valence-electron chi connectivity index (χ4n) is 7.35. The van der Waals surface area contributed by atoms with Gasteiger partial charge in [-0.2, -0.15) is 5.01 Å². The number of fused-ring (bicyclic) bond motifs is 2. The fourth-order valence-corrected chi connectivity index (χ4v) is 8.52. The first-order valence-electron chi connectivity index (χ1n) is 18.1. The van der Waals surface area contributed by atoms with Crippen LogP contribution in [0.3, 0.4) is 0 Å². The predicted molar refractivity (Wildman–Crippen MR) is 206 cm³/mol. The Morgan fingerprint density at radius 1 is 0.846 bits per heavy atom. The van der Waals surface area contributed by atoms with Crippen LogP contribution in [0.5, 0.6) is 0 Å². The van der Waals surface area contributed by atoms with E-state index in [-0.39, 0.29) is 11.8 Å². The van der Waals surface area contributed by atoms with Crippen molar-refractivity contribution < 1.29 is 9.59 Å². The van der Waals surface area contributed by atoms with Gasteiger partial charge in [0.25, 0.3) is 5.91 Å². The van der Waals surface area contributed by atoms with E-state index in [1.54, 1.807) is 41.7 Å². The van der Waals surface area contributed by atoms with Crippen LogP contribution in [-0.2, 0) is 9.59 Å². The molecule has 0 saturated heterocycles. The molecule has 0 bridgehead atoms. The van der Waals surface area contributed by atoms with E-state index in [4.69, 9.17) is 11.5 Å². The molecule has 2 aliphatic carbocycles. The lowest BCUT2D eigenvalue weighted by Crippen LogP contribution is -2.37. The van der Waals surface area contributed by atoms with E-state index in [1.807, 2.05) is 22.9 Å². The van der Waals surface area contributed by atoms with Crippen LogP contribution in [0.4, 0.5) is 21.9 Å². The molecule has 0 aliphatic heterocycles. The second-order valence-corrected chi connectivity index (χ2v) is 15.3. The van der Waals surface area contributed by atoms with Crippen LogP contribution >= 0.6 is 22.7 Å². The van der Waals surface area contributed by atoms with Crippen molar-refractivity contribution in [2.45, 2.75) is 89.5 Å². The molecular formula is C36H44N12O2S2. The molecule has 6 aromatic rings. The first-order chi connectivity index (χ1) is 25.5. The average Bonchev–Trinajstić information content (AvgIpc) is 4.01. The summed E-state index contributed by atoms with van der Waals surface area (Å²) in [6, 6.07) is 5.06. The summed E-state index contributed by atoms with van der Waals surface area (Å²) in [7, 11) is 0. The number of aromatic nitrogens is 8. The van der Waals surface area contributed by atoms with Gasteiger partial charge >= 0.3 is 0 Å². The Balaban J connectivity index is 0.000000162. The molecule has 5 N–H and O–H groups in total. The molecule has 6 heterocycles. The maximum absolute atomic E-state index is 13.1. The topological polar surface area (TPSA) is 189 Å². The SMILES string of the molecule is Nc1c2cccnc2nn1C(CC1CCCCC1)C(=O)Nc1nccs1.Nc1c2ccncc2nn1N(C(=O)CCC1CCCCC1)c1nccs1. The monoisotopic (exact) mass is 740 g/mol. The average molecular weight is 741 g/mol. The largest absolute Gasteiger partial charge is 0.383 e. The number of pyridine rings is 2. The maximum Gasteiger partial charge on any atom is 0.251 e. The van der Waals surface area contributed by atoms with Crippen molar-refractivity contribution in [3.05, 3.63) is 59.9 Å². The number of hydrogen-bond donors (Lipinski definition) is 3. The molecule has 16 heteroatoms. The molecule has 272 valence electrons. The molecular weight excluding hydrogens is 697 g/mol. The summed E-state index contributed by atoms with van der Waals surface area (Å²) in [6.45, 7) is 0. The van der Waals surface area contributed by atoms with Crippen LogP contribution in [0.15, 0.2) is 59.9 Å². The van der Waals surface area contributed by atoms with Crippen LogP contribution in [0.2, 0.25) is 0 Å². The van der Waals surface area contributed by atoms with Crippen molar-refractivity contribution in [1.29, 1.82) is 0 Å². The number of thiazole rings is 2. The van der Waals surface area contributed by atoms with E-state index in [9.17, 15) is 9.59 Å². The summed E-state index contributed by atoms with van der Waals surface area (Å²) in [5, 5.41) is 19.8. The quantitative estimate of drug-likeness (QED) is 0.129. The number of rotatable bonds is 10. The second kappa shape index (κ2) is 16.6. The Labute approximate surface area is 309 Å². The van der Waals surface area contributed by atoms with E-state index in [0.717, 1.165) is 36.5 Å². The van der Waals surface area contributed by atoms with E-state index in [0.29, 0.717) is 51.3 Å². The molecule has 0 spiro atoms. The first-order valence-corrected chi connectivity index (χ1v) is 19.8. The molecule has 6 aromatic heterocycles. The number of amides is 2. The van der Waals surface area contributed by atoms with E-state index in [2.05, 4.69) is 35.5 Å². The lowest BCUT2D eigenvalue weighted by Gasteiger charge is -2.26. The van der Waals surface area contributed by atoms with Crippen LogP contribution < -0.4 is 21.8 Å². The molecule has 8 rings (SSSR count). The van der Waals surface area contributed by atoms with Gasteiger partial charge in [0, 0.05) is 47.4 Å². The highest BCUT2D eigenvalue weighted by Crippen LogP contribution is 2.34. The number of anilines is 4. The standard InChI is InChI=1S/2C18H22N6OS/c19-15-13-7-4-8-20-16(13)23-24(15)14(11-12-5-2-1-3-6-12)17(25)22-18-21-9-10-26-18;19-17-14-8-9-20-12-15(14)22-24(17)23(18-21-10-11-26-18)16(25)7-6-13-4-2-1-3-5-13/h4,7-10,12,14H,1-3,5-6,11,19H2,(H,21,22,25);8-13H,1-7,19H2. The third-order valence-corrected chi connectivity index (χ3v) is 11.5. The zero-order valence-corrected chi connectivity index (χ0v) is 30.6. The summed E-state index contributed by atoms with van der Waals surface area (Å²) >= 11 is 2.80. The van der Waals surface area contributed by atoms with Crippen molar-refractivity contribution in [3.8, 4) is 0 Å². The van der Waals surface area contributed by atoms with Crippen LogP contribution in [0, 0.1) is 11.8 Å². The highest BCUT2D eigenvalue weighted by Gasteiger charge is 2.30. The molecule has 0 radical (unpaired) electrons. The molecule has 2 fully saturated rings. The summed E-state index contributed by atoms with van der Waals surface area (Å²) in [5.74, 6) is 1.91. The molecule has 0 aromatic carbocycles. The lowest BCUT2D eigenvalue weighted by atomic mass is 9.84. The summed E-state index contributed by atoms with van der Waals surface area (Å²) in [5.41, 5.74) is 13.8. The summed E-state index contributed by atoms with van der Waals surface area (Å²) < 4.78 is 1.65.